The summed E-state index contributed by atoms with van der Waals surface area (Å²) < 4.78 is 11.0. The van der Waals surface area contributed by atoms with Crippen LogP contribution in [0, 0.1) is 0 Å². The number of aromatic amines is 1. The molecule has 8 heteroatoms. The minimum Gasteiger partial charge on any atom is -0.388 e. The number of aromatic nitrogens is 1. The Kier molecular flexibility index (Phi) is 9.50. The van der Waals surface area contributed by atoms with Gasteiger partial charge in [0.1, 0.15) is 18.3 Å². The molecule has 8 nitrogen and oxygen atoms in total. The van der Waals surface area contributed by atoms with Gasteiger partial charge in [-0.2, -0.15) is 0 Å². The molecule has 0 radical (unpaired) electrons. The maximum atomic E-state index is 12.2. The molecule has 0 bridgehead atoms. The van der Waals surface area contributed by atoms with Crippen LogP contribution >= 0.6 is 0 Å². The first-order valence-corrected chi connectivity index (χ1v) is 11.5. The Morgan fingerprint density at radius 3 is 2.78 bits per heavy atom. The van der Waals surface area contributed by atoms with Crippen LogP contribution in [0.15, 0.2) is 30.5 Å². The third-order valence-electron chi connectivity index (χ3n) is 6.21. The molecule has 1 fully saturated rings. The van der Waals surface area contributed by atoms with Gasteiger partial charge in [0.05, 0.1) is 6.61 Å². The summed E-state index contributed by atoms with van der Waals surface area (Å²) in [4.78, 5) is 19.6. The normalized spacial score (nSPS) is 25.4. The number of H-pyrrole nitrogens is 1. The van der Waals surface area contributed by atoms with Crippen molar-refractivity contribution in [2.75, 3.05) is 46.5 Å². The minimum absolute atomic E-state index is 0.0420. The van der Waals surface area contributed by atoms with Gasteiger partial charge in [-0.1, -0.05) is 12.1 Å². The molecule has 0 spiro atoms. The van der Waals surface area contributed by atoms with Crippen molar-refractivity contribution in [3.63, 3.8) is 0 Å². The summed E-state index contributed by atoms with van der Waals surface area (Å²) in [6, 6.07) is 8.45. The zero-order chi connectivity index (χ0) is 22.9. The van der Waals surface area contributed by atoms with E-state index in [1.807, 2.05) is 6.20 Å². The zero-order valence-electron chi connectivity index (χ0n) is 19.2. The number of hydrogen-bond donors (Lipinski definition) is 3. The number of methoxy groups -OCH3 is 1. The van der Waals surface area contributed by atoms with Crippen molar-refractivity contribution in [2.45, 2.75) is 51.0 Å². The van der Waals surface area contributed by atoms with E-state index >= 15 is 0 Å². The number of amides is 1. The molecule has 3 N–H and O–H groups in total. The van der Waals surface area contributed by atoms with Gasteiger partial charge in [0.25, 0.3) is 0 Å². The number of benzene rings is 1. The molecule has 1 aromatic heterocycles. The smallest absolute Gasteiger partial charge is 0.219 e. The number of aliphatic hydroxyl groups excluding tert-OH is 2. The Morgan fingerprint density at radius 2 is 2.00 bits per heavy atom. The van der Waals surface area contributed by atoms with Gasteiger partial charge in [-0.3, -0.25) is 9.69 Å². The first kappa shape index (κ1) is 24.7. The molecule has 3 rings (SSSR count). The van der Waals surface area contributed by atoms with Gasteiger partial charge < -0.3 is 29.6 Å². The van der Waals surface area contributed by atoms with Crippen LogP contribution in [0.4, 0.5) is 0 Å². The van der Waals surface area contributed by atoms with Crippen molar-refractivity contribution in [1.29, 1.82) is 0 Å². The number of hydrogen-bond acceptors (Lipinski definition) is 6. The van der Waals surface area contributed by atoms with E-state index in [2.05, 4.69) is 34.1 Å². The van der Waals surface area contributed by atoms with Crippen molar-refractivity contribution in [2.24, 2.45) is 0 Å². The fourth-order valence-corrected chi connectivity index (χ4v) is 4.29. The van der Waals surface area contributed by atoms with Crippen molar-refractivity contribution < 1.29 is 24.5 Å². The van der Waals surface area contributed by atoms with Gasteiger partial charge in [0.15, 0.2) is 0 Å². The third kappa shape index (κ3) is 6.76. The Bertz CT molecular complexity index is 842. The van der Waals surface area contributed by atoms with Crippen LogP contribution in [0.5, 0.6) is 0 Å². The predicted octanol–water partition coefficient (Wildman–Crippen LogP) is 1.76. The lowest BCUT2D eigenvalue weighted by molar-refractivity contribution is -0.136. The molecule has 1 aromatic carbocycles. The van der Waals surface area contributed by atoms with E-state index in [9.17, 15) is 15.0 Å². The van der Waals surface area contributed by atoms with Crippen LogP contribution in [0.25, 0.3) is 10.9 Å². The molecular formula is C24H37N3O5. The molecule has 2 aromatic rings. The standard InChI is InChI=1S/C24H37N3O5/c1-18(28)27-13-6-12-26(15-19-7-5-8-21-20(19)9-10-25-21)11-3-4-14-32-17-22(29)24(30)23(16-27)31-2/h5,7-10,22-25,29-30H,3-4,6,11-17H2,1-2H3/t22-,23-,24-/m0/s1. The summed E-state index contributed by atoms with van der Waals surface area (Å²) >= 11 is 0. The molecule has 1 saturated heterocycles. The highest BCUT2D eigenvalue weighted by atomic mass is 16.5. The van der Waals surface area contributed by atoms with Crippen molar-refractivity contribution in [1.82, 2.24) is 14.8 Å². The largest absolute Gasteiger partial charge is 0.388 e. The van der Waals surface area contributed by atoms with Crippen LogP contribution in [-0.2, 0) is 20.8 Å². The zero-order valence-corrected chi connectivity index (χ0v) is 19.2. The number of rotatable bonds is 3. The van der Waals surface area contributed by atoms with Crippen LogP contribution in [-0.4, -0.2) is 95.7 Å². The third-order valence-corrected chi connectivity index (χ3v) is 6.21. The lowest BCUT2D eigenvalue weighted by Gasteiger charge is -2.31. The highest BCUT2D eigenvalue weighted by Gasteiger charge is 2.29. The average Bonchev–Trinajstić information content (AvgIpc) is 3.26. The summed E-state index contributed by atoms with van der Waals surface area (Å²) in [5.41, 5.74) is 2.42. The van der Waals surface area contributed by atoms with Gasteiger partial charge in [-0.15, -0.1) is 0 Å². The van der Waals surface area contributed by atoms with E-state index < -0.39 is 18.3 Å². The Hall–Kier alpha value is -1.97. The number of aliphatic hydroxyl groups is 2. The van der Waals surface area contributed by atoms with E-state index in [1.165, 1.54) is 25.0 Å². The van der Waals surface area contributed by atoms with Crippen LogP contribution in [0.3, 0.4) is 0 Å². The topological polar surface area (TPSA) is 98.3 Å². The molecule has 32 heavy (non-hydrogen) atoms. The fourth-order valence-electron chi connectivity index (χ4n) is 4.29. The predicted molar refractivity (Wildman–Crippen MR) is 123 cm³/mol. The first-order chi connectivity index (χ1) is 15.5. The second-order valence-electron chi connectivity index (χ2n) is 8.56. The maximum absolute atomic E-state index is 12.2. The maximum Gasteiger partial charge on any atom is 0.219 e. The number of carbonyl (C=O) groups excluding carboxylic acids is 1. The SMILES string of the molecule is CO[C@H]1CN(C(C)=O)CCCN(Cc2cccc3[nH]ccc23)CCCCOC[C@H](O)[C@@H]1O. The van der Waals surface area contributed by atoms with Crippen molar-refractivity contribution in [3.05, 3.63) is 36.0 Å². The second-order valence-corrected chi connectivity index (χ2v) is 8.56. The lowest BCUT2D eigenvalue weighted by atomic mass is 10.1. The lowest BCUT2D eigenvalue weighted by Crippen LogP contribution is -2.48. The Balaban J connectivity index is 1.70. The number of carbonyl (C=O) groups is 1. The van der Waals surface area contributed by atoms with Crippen LogP contribution in [0.1, 0.15) is 31.7 Å². The highest BCUT2D eigenvalue weighted by molar-refractivity contribution is 5.82. The quantitative estimate of drug-likeness (QED) is 0.663. The highest BCUT2D eigenvalue weighted by Crippen LogP contribution is 2.20. The molecule has 1 aliphatic rings. The Labute approximate surface area is 190 Å². The molecule has 3 atom stereocenters. The van der Waals surface area contributed by atoms with E-state index in [4.69, 9.17) is 9.47 Å². The van der Waals surface area contributed by atoms with Gasteiger partial charge >= 0.3 is 0 Å². The van der Waals surface area contributed by atoms with E-state index in [1.54, 1.807) is 4.90 Å². The molecule has 178 valence electrons. The first-order valence-electron chi connectivity index (χ1n) is 11.5. The van der Waals surface area contributed by atoms with E-state index in [0.29, 0.717) is 13.2 Å². The van der Waals surface area contributed by atoms with Gasteiger partial charge in [-0.05, 0) is 43.5 Å². The average molecular weight is 448 g/mol. The van der Waals surface area contributed by atoms with Crippen LogP contribution in [0.2, 0.25) is 0 Å². The monoisotopic (exact) mass is 447 g/mol. The van der Waals surface area contributed by atoms with Crippen LogP contribution < -0.4 is 0 Å². The summed E-state index contributed by atoms with van der Waals surface area (Å²) in [6.45, 7) is 5.52. The number of fused-ring (bicyclic) bond motifs is 1. The van der Waals surface area contributed by atoms with Crippen molar-refractivity contribution in [3.8, 4) is 0 Å². The molecule has 2 heterocycles. The van der Waals surface area contributed by atoms with Gasteiger partial charge in [0.2, 0.25) is 5.91 Å². The number of ether oxygens (including phenoxy) is 2. The fraction of sp³-hybridized carbons (Fsp3) is 0.625. The summed E-state index contributed by atoms with van der Waals surface area (Å²) in [5, 5.41) is 22.0. The van der Waals surface area contributed by atoms with E-state index in [0.717, 1.165) is 44.4 Å². The molecule has 0 unspecified atom stereocenters. The number of nitrogens with zero attached hydrogens (tertiary/aromatic N) is 2. The second kappa shape index (κ2) is 12.3. The molecule has 0 aliphatic carbocycles. The summed E-state index contributed by atoms with van der Waals surface area (Å²) in [7, 11) is 1.48. The van der Waals surface area contributed by atoms with E-state index in [-0.39, 0.29) is 19.1 Å². The van der Waals surface area contributed by atoms with Gasteiger partial charge in [0, 0.05) is 63.9 Å². The number of nitrogens with one attached hydrogen (secondary N) is 1. The summed E-state index contributed by atoms with van der Waals surface area (Å²) in [5.74, 6) is -0.0713. The molecule has 1 amide bonds. The molecular weight excluding hydrogens is 410 g/mol. The van der Waals surface area contributed by atoms with Crippen molar-refractivity contribution >= 4 is 16.8 Å². The molecule has 1 aliphatic heterocycles. The van der Waals surface area contributed by atoms with Gasteiger partial charge in [-0.25, -0.2) is 0 Å². The molecule has 0 saturated carbocycles. The Morgan fingerprint density at radius 1 is 1.19 bits per heavy atom. The summed E-state index contributed by atoms with van der Waals surface area (Å²) in [6.07, 6.45) is 1.78. The minimum atomic E-state index is -1.12.